The van der Waals surface area contributed by atoms with Crippen LogP contribution in [0.4, 0.5) is 5.69 Å². The minimum absolute atomic E-state index is 0.0768. The number of aromatic carboxylic acids is 1. The third-order valence-electron chi connectivity index (χ3n) is 2.91. The number of non-ortho nitro benzene ring substituents is 1. The summed E-state index contributed by atoms with van der Waals surface area (Å²) in [5, 5.41) is 20.0. The van der Waals surface area contributed by atoms with Crippen molar-refractivity contribution < 1.29 is 19.6 Å². The maximum atomic E-state index is 11.2. The summed E-state index contributed by atoms with van der Waals surface area (Å²) in [6, 6.07) is 2.21. The fourth-order valence-corrected chi connectivity index (χ4v) is 3.43. The zero-order valence-electron chi connectivity index (χ0n) is 10.4. The molecular formula is C12H12ClNO5S. The molecule has 1 fully saturated rings. The fourth-order valence-electron chi connectivity index (χ4n) is 1.94. The molecule has 0 aromatic heterocycles. The van der Waals surface area contributed by atoms with Crippen LogP contribution in [0.3, 0.4) is 0 Å². The van der Waals surface area contributed by atoms with Crippen molar-refractivity contribution in [3.63, 3.8) is 0 Å². The Morgan fingerprint density at radius 1 is 1.60 bits per heavy atom. The molecule has 1 heterocycles. The van der Waals surface area contributed by atoms with Gasteiger partial charge in [0.1, 0.15) is 0 Å². The van der Waals surface area contributed by atoms with Crippen molar-refractivity contribution in [3.8, 4) is 0 Å². The summed E-state index contributed by atoms with van der Waals surface area (Å²) in [6.45, 7) is 0.713. The molecule has 1 unspecified atom stereocenters. The minimum Gasteiger partial charge on any atom is -0.478 e. The SMILES string of the molecule is O=C(O)c1cc([N+](=O)[O-])cc(Cl)c1SCC1CCCO1. The standard InChI is InChI=1S/C12H12ClNO5S/c13-10-5-7(14(17)18)4-9(12(15)16)11(10)20-6-8-2-1-3-19-8/h4-5,8H,1-3,6H2,(H,15,16). The van der Waals surface area contributed by atoms with E-state index in [0.717, 1.165) is 18.9 Å². The van der Waals surface area contributed by atoms with Crippen LogP contribution in [0.1, 0.15) is 23.2 Å². The number of nitrogens with zero attached hydrogens (tertiary/aromatic N) is 1. The summed E-state index contributed by atoms with van der Waals surface area (Å²) in [5.74, 6) is -0.650. The molecule has 1 saturated heterocycles. The van der Waals surface area contributed by atoms with Gasteiger partial charge in [-0.2, -0.15) is 0 Å². The van der Waals surface area contributed by atoms with Gasteiger partial charge in [-0.3, -0.25) is 10.1 Å². The van der Waals surface area contributed by atoms with Crippen molar-refractivity contribution >= 4 is 35.0 Å². The molecule has 1 N–H and O–H groups in total. The smallest absolute Gasteiger partial charge is 0.337 e. The second kappa shape index (κ2) is 6.43. The molecule has 0 saturated carbocycles. The van der Waals surface area contributed by atoms with Gasteiger partial charge in [0.15, 0.2) is 0 Å². The van der Waals surface area contributed by atoms with E-state index >= 15 is 0 Å². The molecule has 0 spiro atoms. The van der Waals surface area contributed by atoms with E-state index in [1.54, 1.807) is 0 Å². The molecule has 1 atom stereocenters. The molecule has 0 aliphatic carbocycles. The lowest BCUT2D eigenvalue weighted by molar-refractivity contribution is -0.384. The van der Waals surface area contributed by atoms with Gasteiger partial charge in [-0.15, -0.1) is 11.8 Å². The van der Waals surface area contributed by atoms with Gasteiger partial charge in [0.2, 0.25) is 0 Å². The van der Waals surface area contributed by atoms with Crippen LogP contribution < -0.4 is 0 Å². The predicted molar refractivity (Wildman–Crippen MR) is 74.8 cm³/mol. The highest BCUT2D eigenvalue weighted by Gasteiger charge is 2.22. The summed E-state index contributed by atoms with van der Waals surface area (Å²) < 4.78 is 5.46. The van der Waals surface area contributed by atoms with Gasteiger partial charge < -0.3 is 9.84 Å². The quantitative estimate of drug-likeness (QED) is 0.509. The van der Waals surface area contributed by atoms with E-state index in [-0.39, 0.29) is 22.4 Å². The van der Waals surface area contributed by atoms with Gasteiger partial charge in [-0.05, 0) is 12.8 Å². The Labute approximate surface area is 124 Å². The van der Waals surface area contributed by atoms with Crippen molar-refractivity contribution in [1.29, 1.82) is 0 Å². The predicted octanol–water partition coefficient (Wildman–Crippen LogP) is 3.22. The van der Waals surface area contributed by atoms with Crippen LogP contribution in [0.5, 0.6) is 0 Å². The van der Waals surface area contributed by atoms with E-state index < -0.39 is 10.9 Å². The van der Waals surface area contributed by atoms with Crippen LogP contribution in [0.15, 0.2) is 17.0 Å². The number of benzene rings is 1. The Morgan fingerprint density at radius 2 is 2.35 bits per heavy atom. The summed E-state index contributed by atoms with van der Waals surface area (Å²) in [5.41, 5.74) is -0.471. The zero-order valence-corrected chi connectivity index (χ0v) is 11.9. The minimum atomic E-state index is -1.23. The summed E-state index contributed by atoms with van der Waals surface area (Å²) in [4.78, 5) is 21.6. The van der Waals surface area contributed by atoms with Gasteiger partial charge >= 0.3 is 5.97 Å². The first-order valence-electron chi connectivity index (χ1n) is 5.94. The monoisotopic (exact) mass is 317 g/mol. The van der Waals surface area contributed by atoms with E-state index in [0.29, 0.717) is 17.3 Å². The number of hydrogen-bond acceptors (Lipinski definition) is 5. The third-order valence-corrected chi connectivity index (χ3v) is 4.58. The Bertz CT molecular complexity index is 545. The van der Waals surface area contributed by atoms with Crippen molar-refractivity contribution in [1.82, 2.24) is 0 Å². The molecule has 0 bridgehead atoms. The molecule has 2 rings (SSSR count). The maximum Gasteiger partial charge on any atom is 0.337 e. The number of nitro groups is 1. The number of carboxylic acid groups (broad SMARTS) is 1. The number of rotatable bonds is 5. The highest BCUT2D eigenvalue weighted by molar-refractivity contribution is 7.99. The summed E-state index contributed by atoms with van der Waals surface area (Å²) in [7, 11) is 0. The first-order chi connectivity index (χ1) is 9.49. The lowest BCUT2D eigenvalue weighted by Crippen LogP contribution is -2.09. The normalized spacial score (nSPS) is 18.1. The topological polar surface area (TPSA) is 89.7 Å². The van der Waals surface area contributed by atoms with Crippen molar-refractivity contribution in [2.24, 2.45) is 0 Å². The van der Waals surface area contributed by atoms with E-state index in [2.05, 4.69) is 0 Å². The highest BCUT2D eigenvalue weighted by atomic mass is 35.5. The van der Waals surface area contributed by atoms with Crippen LogP contribution in [0, 0.1) is 10.1 Å². The maximum absolute atomic E-state index is 11.2. The van der Waals surface area contributed by atoms with Gasteiger partial charge in [-0.1, -0.05) is 11.6 Å². The lowest BCUT2D eigenvalue weighted by atomic mass is 10.2. The van der Waals surface area contributed by atoms with Crippen LogP contribution in [-0.4, -0.2) is 34.5 Å². The van der Waals surface area contributed by atoms with Crippen molar-refractivity contribution in [3.05, 3.63) is 32.8 Å². The average molecular weight is 318 g/mol. The lowest BCUT2D eigenvalue weighted by Gasteiger charge is -2.11. The van der Waals surface area contributed by atoms with E-state index in [1.807, 2.05) is 0 Å². The van der Waals surface area contributed by atoms with Gasteiger partial charge in [0.05, 0.1) is 21.6 Å². The Kier molecular flexibility index (Phi) is 4.85. The molecule has 1 aliphatic rings. The molecule has 1 aromatic rings. The Morgan fingerprint density at radius 3 is 2.90 bits per heavy atom. The number of carbonyl (C=O) groups is 1. The Balaban J connectivity index is 2.25. The molecule has 1 aromatic carbocycles. The number of carboxylic acids is 1. The first kappa shape index (κ1) is 15.1. The van der Waals surface area contributed by atoms with E-state index in [1.165, 1.54) is 17.8 Å². The number of ether oxygens (including phenoxy) is 1. The first-order valence-corrected chi connectivity index (χ1v) is 7.31. The average Bonchev–Trinajstić information content (AvgIpc) is 2.89. The number of halogens is 1. The van der Waals surface area contributed by atoms with Crippen LogP contribution in [-0.2, 0) is 4.74 Å². The second-order valence-electron chi connectivity index (χ2n) is 4.31. The Hall–Kier alpha value is -1.31. The molecule has 1 aliphatic heterocycles. The summed E-state index contributed by atoms with van der Waals surface area (Å²) >= 11 is 7.24. The van der Waals surface area contributed by atoms with Crippen LogP contribution in [0.25, 0.3) is 0 Å². The summed E-state index contributed by atoms with van der Waals surface area (Å²) in [6.07, 6.45) is 2.00. The second-order valence-corrected chi connectivity index (χ2v) is 5.75. The van der Waals surface area contributed by atoms with Crippen LogP contribution >= 0.6 is 23.4 Å². The van der Waals surface area contributed by atoms with Gasteiger partial charge in [-0.25, -0.2) is 4.79 Å². The molecule has 0 radical (unpaired) electrons. The molecule has 8 heteroatoms. The molecule has 20 heavy (non-hydrogen) atoms. The van der Waals surface area contributed by atoms with Crippen LogP contribution in [0.2, 0.25) is 5.02 Å². The fraction of sp³-hybridized carbons (Fsp3) is 0.417. The molecule has 6 nitrogen and oxygen atoms in total. The number of hydrogen-bond donors (Lipinski definition) is 1. The van der Waals surface area contributed by atoms with Crippen molar-refractivity contribution in [2.75, 3.05) is 12.4 Å². The molecular weight excluding hydrogens is 306 g/mol. The molecule has 108 valence electrons. The van der Waals surface area contributed by atoms with Gasteiger partial charge in [0.25, 0.3) is 5.69 Å². The van der Waals surface area contributed by atoms with E-state index in [4.69, 9.17) is 21.4 Å². The van der Waals surface area contributed by atoms with Gasteiger partial charge in [0, 0.05) is 29.4 Å². The van der Waals surface area contributed by atoms with E-state index in [9.17, 15) is 14.9 Å². The highest BCUT2D eigenvalue weighted by Crippen LogP contribution is 2.36. The number of thioether (sulfide) groups is 1. The zero-order chi connectivity index (χ0) is 14.7. The largest absolute Gasteiger partial charge is 0.478 e. The van der Waals surface area contributed by atoms with Crippen molar-refractivity contribution in [2.45, 2.75) is 23.8 Å². The number of nitro benzene ring substituents is 1. The third kappa shape index (κ3) is 3.41. The molecule has 0 amide bonds.